The number of hydrogen-bond acceptors (Lipinski definition) is 2. The molecule has 0 spiro atoms. The van der Waals surface area contributed by atoms with Crippen molar-refractivity contribution >= 4 is 21.7 Å². The lowest BCUT2D eigenvalue weighted by atomic mass is 9.85. The molecule has 180 valence electrons. The highest BCUT2D eigenvalue weighted by Crippen LogP contribution is 2.39. The Labute approximate surface area is 201 Å². The molecule has 2 aromatic carbocycles. The van der Waals surface area contributed by atoms with Gasteiger partial charge in [-0.15, -0.1) is 0 Å². The molecule has 0 aliphatic heterocycles. The Morgan fingerprint density at radius 1 is 0.853 bits per heavy atom. The van der Waals surface area contributed by atoms with Gasteiger partial charge in [0.05, 0.1) is 16.8 Å². The molecule has 0 N–H and O–H groups in total. The molecule has 3 rings (SSSR count). The number of carbonyl (C=O) groups excluding carboxylic acids is 1. The van der Waals surface area contributed by atoms with Crippen LogP contribution < -0.4 is 0 Å². The van der Waals surface area contributed by atoms with Crippen molar-refractivity contribution in [3.05, 3.63) is 99.3 Å². The van der Waals surface area contributed by atoms with Crippen LogP contribution in [0.15, 0.2) is 71.3 Å². The Balaban J connectivity index is 1.94. The fourth-order valence-corrected chi connectivity index (χ4v) is 4.04. The average Bonchev–Trinajstić information content (AvgIpc) is 2.77. The Morgan fingerprint density at radius 2 is 1.44 bits per heavy atom. The number of pyridine rings is 1. The summed E-state index contributed by atoms with van der Waals surface area (Å²) in [5.41, 5.74) is -1.30. The normalized spacial score (nSPS) is 14.0. The predicted octanol–water partition coefficient (Wildman–Crippen LogP) is 8.17. The van der Waals surface area contributed by atoms with E-state index in [1.54, 1.807) is 0 Å². The Morgan fingerprint density at radius 3 is 2.00 bits per heavy atom. The van der Waals surface area contributed by atoms with E-state index in [2.05, 4.69) is 20.9 Å². The van der Waals surface area contributed by atoms with Crippen LogP contribution in [0.25, 0.3) is 0 Å². The second-order valence-corrected chi connectivity index (χ2v) is 8.92. The monoisotopic (exact) mass is 543 g/mol. The maximum absolute atomic E-state index is 13.7. The largest absolute Gasteiger partial charge is 0.418 e. The van der Waals surface area contributed by atoms with Crippen molar-refractivity contribution in [2.75, 3.05) is 0 Å². The summed E-state index contributed by atoms with van der Waals surface area (Å²) in [5, 5.41) is 0. The molecule has 9 heteroatoms. The van der Waals surface area contributed by atoms with E-state index in [1.165, 1.54) is 6.20 Å². The minimum absolute atomic E-state index is 0.0625. The van der Waals surface area contributed by atoms with Crippen molar-refractivity contribution in [3.8, 4) is 0 Å². The minimum Gasteiger partial charge on any atom is -0.300 e. The van der Waals surface area contributed by atoms with E-state index in [0.717, 1.165) is 46.4 Å². The molecule has 0 saturated heterocycles. The quantitative estimate of drug-likeness (QED) is 0.281. The summed E-state index contributed by atoms with van der Waals surface area (Å²) in [6.45, 7) is 1.83. The van der Waals surface area contributed by atoms with Crippen LogP contribution >= 0.6 is 15.9 Å². The van der Waals surface area contributed by atoms with Gasteiger partial charge < -0.3 is 0 Å². The van der Waals surface area contributed by atoms with Crippen molar-refractivity contribution < 1.29 is 31.1 Å². The topological polar surface area (TPSA) is 30.0 Å². The molecule has 2 nitrogen and oxygen atoms in total. The van der Waals surface area contributed by atoms with E-state index in [0.29, 0.717) is 0 Å². The van der Waals surface area contributed by atoms with E-state index < -0.39 is 29.4 Å². The third-order valence-corrected chi connectivity index (χ3v) is 6.05. The van der Waals surface area contributed by atoms with Gasteiger partial charge in [-0.05, 0) is 53.4 Å². The van der Waals surface area contributed by atoms with Gasteiger partial charge in [-0.3, -0.25) is 9.78 Å². The summed E-state index contributed by atoms with van der Waals surface area (Å²) in [4.78, 5) is 16.8. The molecule has 34 heavy (non-hydrogen) atoms. The molecular weight excluding hydrogens is 524 g/mol. The number of nitrogens with zero attached hydrogens (tertiary/aromatic N) is 1. The summed E-state index contributed by atoms with van der Waals surface area (Å²) in [7, 11) is 0. The van der Waals surface area contributed by atoms with E-state index in [1.807, 2.05) is 31.2 Å². The van der Waals surface area contributed by atoms with Crippen LogP contribution in [0.2, 0.25) is 0 Å². The number of aromatic nitrogens is 1. The number of rotatable bonds is 7. The zero-order chi connectivity index (χ0) is 25.1. The average molecular weight is 544 g/mol. The van der Waals surface area contributed by atoms with Gasteiger partial charge in [0, 0.05) is 29.4 Å². The highest BCUT2D eigenvalue weighted by Gasteiger charge is 2.37. The first-order valence-electron chi connectivity index (χ1n) is 10.3. The van der Waals surface area contributed by atoms with Crippen molar-refractivity contribution in [2.45, 2.75) is 44.0 Å². The van der Waals surface area contributed by atoms with Gasteiger partial charge in [0.25, 0.3) is 0 Å². The number of alkyl halides is 6. The maximum Gasteiger partial charge on any atom is 0.418 e. The molecule has 1 aromatic heterocycles. The molecule has 0 radical (unpaired) electrons. The molecule has 1 unspecified atom stereocenters. The van der Waals surface area contributed by atoms with Crippen LogP contribution in [0.4, 0.5) is 26.3 Å². The SMILES string of the molecule is CC(CC(=O)C[C@@H](c1ccc(C(F)(F)F)cc1)c1ncccc1C(F)(F)F)c1ccc(Br)cc1. The molecule has 0 amide bonds. The first-order valence-corrected chi connectivity index (χ1v) is 11.1. The summed E-state index contributed by atoms with van der Waals surface area (Å²) < 4.78 is 80.8. The van der Waals surface area contributed by atoms with Gasteiger partial charge in [-0.2, -0.15) is 26.3 Å². The molecular formula is C25H20BrF6NO. The minimum atomic E-state index is -4.73. The molecule has 2 atom stereocenters. The lowest BCUT2D eigenvalue weighted by molar-refractivity contribution is -0.139. The lowest BCUT2D eigenvalue weighted by Gasteiger charge is -2.22. The fourth-order valence-electron chi connectivity index (χ4n) is 3.77. The fraction of sp³-hybridized carbons (Fsp3) is 0.280. The van der Waals surface area contributed by atoms with Crippen LogP contribution in [0.1, 0.15) is 59.5 Å². The number of benzene rings is 2. The summed E-state index contributed by atoms with van der Waals surface area (Å²) in [5.74, 6) is -1.66. The van der Waals surface area contributed by atoms with Gasteiger partial charge in [-0.25, -0.2) is 0 Å². The summed E-state index contributed by atoms with van der Waals surface area (Å²) in [6.07, 6.45) is -8.41. The van der Waals surface area contributed by atoms with Gasteiger partial charge in [0.15, 0.2) is 0 Å². The predicted molar refractivity (Wildman–Crippen MR) is 119 cm³/mol. The van der Waals surface area contributed by atoms with Crippen molar-refractivity contribution in [3.63, 3.8) is 0 Å². The number of halogens is 7. The first kappa shape index (κ1) is 25.9. The van der Waals surface area contributed by atoms with Crippen LogP contribution in [-0.4, -0.2) is 10.8 Å². The van der Waals surface area contributed by atoms with Crippen molar-refractivity contribution in [1.82, 2.24) is 4.98 Å². The van der Waals surface area contributed by atoms with Crippen LogP contribution in [-0.2, 0) is 17.1 Å². The van der Waals surface area contributed by atoms with Crippen molar-refractivity contribution in [2.24, 2.45) is 0 Å². The lowest BCUT2D eigenvalue weighted by Crippen LogP contribution is -2.18. The third-order valence-electron chi connectivity index (χ3n) is 5.52. The smallest absolute Gasteiger partial charge is 0.300 e. The molecule has 1 heterocycles. The zero-order valence-electron chi connectivity index (χ0n) is 17.9. The molecule has 0 bridgehead atoms. The Hall–Kier alpha value is -2.68. The highest BCUT2D eigenvalue weighted by molar-refractivity contribution is 9.10. The van der Waals surface area contributed by atoms with E-state index in [-0.39, 0.29) is 35.8 Å². The second kappa shape index (κ2) is 10.3. The van der Waals surface area contributed by atoms with Gasteiger partial charge in [-0.1, -0.05) is 47.1 Å². The Bertz CT molecular complexity index is 1120. The first-order chi connectivity index (χ1) is 15.9. The summed E-state index contributed by atoms with van der Waals surface area (Å²) in [6, 6.07) is 13.1. The van der Waals surface area contributed by atoms with E-state index >= 15 is 0 Å². The number of Topliss-reactive ketones (excluding diaryl/α,β-unsaturated/α-hetero) is 1. The van der Waals surface area contributed by atoms with Crippen LogP contribution in [0.3, 0.4) is 0 Å². The zero-order valence-corrected chi connectivity index (χ0v) is 19.5. The molecule has 0 fully saturated rings. The van der Waals surface area contributed by atoms with Crippen LogP contribution in [0, 0.1) is 0 Å². The number of hydrogen-bond donors (Lipinski definition) is 0. The Kier molecular flexibility index (Phi) is 7.85. The van der Waals surface area contributed by atoms with Crippen molar-refractivity contribution in [1.29, 1.82) is 0 Å². The maximum atomic E-state index is 13.7. The van der Waals surface area contributed by atoms with Gasteiger partial charge in [0.1, 0.15) is 5.78 Å². The molecule has 0 aliphatic rings. The van der Waals surface area contributed by atoms with Gasteiger partial charge >= 0.3 is 12.4 Å². The standard InChI is InChI=1S/C25H20BrF6NO/c1-15(16-6-10-19(26)11-7-16)13-20(34)14-21(17-4-8-18(9-5-17)24(27,28)29)23-22(25(30,31)32)3-2-12-33-23/h2-12,15,21H,13-14H2,1H3/t15?,21-/m0/s1. The van der Waals surface area contributed by atoms with Gasteiger partial charge in [0.2, 0.25) is 0 Å². The summed E-state index contributed by atoms with van der Waals surface area (Å²) >= 11 is 3.33. The molecule has 0 aliphatic carbocycles. The number of carbonyl (C=O) groups is 1. The highest BCUT2D eigenvalue weighted by atomic mass is 79.9. The second-order valence-electron chi connectivity index (χ2n) is 8.01. The third kappa shape index (κ3) is 6.46. The number of ketones is 1. The van der Waals surface area contributed by atoms with E-state index in [4.69, 9.17) is 0 Å². The van der Waals surface area contributed by atoms with Crippen LogP contribution in [0.5, 0.6) is 0 Å². The van der Waals surface area contributed by atoms with E-state index in [9.17, 15) is 31.1 Å². The molecule has 3 aromatic rings. The molecule has 0 saturated carbocycles.